The van der Waals surface area contributed by atoms with E-state index in [1.165, 1.54) is 29.0 Å². The van der Waals surface area contributed by atoms with Crippen LogP contribution in [0.5, 0.6) is 0 Å². The SMILES string of the molecule is CCN(CCCNC(=O)c1ccc(-c2cccc(F)c2)s1)Cc1ccccc1. The van der Waals surface area contributed by atoms with Gasteiger partial charge in [0.05, 0.1) is 4.88 Å². The second-order valence-electron chi connectivity index (χ2n) is 6.64. The first kappa shape index (κ1) is 20.2. The molecule has 5 heteroatoms. The number of nitrogens with one attached hydrogen (secondary N) is 1. The van der Waals surface area contributed by atoms with Gasteiger partial charge in [-0.25, -0.2) is 4.39 Å². The zero-order chi connectivity index (χ0) is 19.8. The van der Waals surface area contributed by atoms with Crippen LogP contribution in [0.25, 0.3) is 10.4 Å². The van der Waals surface area contributed by atoms with E-state index in [1.807, 2.05) is 18.2 Å². The topological polar surface area (TPSA) is 32.3 Å². The molecule has 28 heavy (non-hydrogen) atoms. The van der Waals surface area contributed by atoms with Gasteiger partial charge in [-0.3, -0.25) is 9.69 Å². The smallest absolute Gasteiger partial charge is 0.261 e. The highest BCUT2D eigenvalue weighted by molar-refractivity contribution is 7.17. The van der Waals surface area contributed by atoms with Gasteiger partial charge in [0.25, 0.3) is 5.91 Å². The van der Waals surface area contributed by atoms with E-state index in [1.54, 1.807) is 12.1 Å². The fraction of sp³-hybridized carbons (Fsp3) is 0.261. The molecule has 1 aromatic heterocycles. The lowest BCUT2D eigenvalue weighted by Gasteiger charge is -2.20. The van der Waals surface area contributed by atoms with Crippen molar-refractivity contribution in [2.75, 3.05) is 19.6 Å². The van der Waals surface area contributed by atoms with E-state index in [4.69, 9.17) is 0 Å². The Hall–Kier alpha value is -2.50. The second-order valence-corrected chi connectivity index (χ2v) is 7.72. The molecule has 0 aliphatic heterocycles. The van der Waals surface area contributed by atoms with Crippen molar-refractivity contribution in [3.8, 4) is 10.4 Å². The zero-order valence-electron chi connectivity index (χ0n) is 16.0. The number of rotatable bonds is 9. The number of amides is 1. The number of benzene rings is 2. The molecule has 0 fully saturated rings. The molecule has 0 saturated carbocycles. The number of hydrogen-bond acceptors (Lipinski definition) is 3. The Morgan fingerprint density at radius 1 is 1.07 bits per heavy atom. The van der Waals surface area contributed by atoms with Crippen molar-refractivity contribution < 1.29 is 9.18 Å². The van der Waals surface area contributed by atoms with E-state index in [0.29, 0.717) is 11.4 Å². The van der Waals surface area contributed by atoms with Gasteiger partial charge in [0.2, 0.25) is 0 Å². The van der Waals surface area contributed by atoms with Crippen LogP contribution in [0.1, 0.15) is 28.6 Å². The highest BCUT2D eigenvalue weighted by atomic mass is 32.1. The van der Waals surface area contributed by atoms with Gasteiger partial charge in [-0.2, -0.15) is 0 Å². The highest BCUT2D eigenvalue weighted by Gasteiger charge is 2.11. The van der Waals surface area contributed by atoms with Gasteiger partial charge >= 0.3 is 0 Å². The molecule has 3 aromatic rings. The largest absolute Gasteiger partial charge is 0.351 e. The Bertz CT molecular complexity index is 894. The molecule has 3 rings (SSSR count). The number of carbonyl (C=O) groups excluding carboxylic acids is 1. The van der Waals surface area contributed by atoms with Gasteiger partial charge in [0.15, 0.2) is 0 Å². The summed E-state index contributed by atoms with van der Waals surface area (Å²) >= 11 is 1.38. The number of carbonyl (C=O) groups is 1. The van der Waals surface area contributed by atoms with Crippen molar-refractivity contribution in [3.05, 3.63) is 83.0 Å². The monoisotopic (exact) mass is 396 g/mol. The minimum absolute atomic E-state index is 0.0706. The zero-order valence-corrected chi connectivity index (χ0v) is 16.8. The number of hydrogen-bond donors (Lipinski definition) is 1. The van der Waals surface area contributed by atoms with E-state index in [9.17, 15) is 9.18 Å². The number of nitrogens with zero attached hydrogens (tertiary/aromatic N) is 1. The molecule has 146 valence electrons. The molecule has 1 amide bonds. The fourth-order valence-corrected chi connectivity index (χ4v) is 3.96. The summed E-state index contributed by atoms with van der Waals surface area (Å²) in [7, 11) is 0. The first-order valence-electron chi connectivity index (χ1n) is 9.56. The van der Waals surface area contributed by atoms with Crippen molar-refractivity contribution in [3.63, 3.8) is 0 Å². The third-order valence-corrected chi connectivity index (χ3v) is 5.70. The first-order chi connectivity index (χ1) is 13.7. The maximum Gasteiger partial charge on any atom is 0.261 e. The van der Waals surface area contributed by atoms with Crippen LogP contribution in [-0.2, 0) is 6.54 Å². The molecule has 0 aliphatic rings. The second kappa shape index (κ2) is 10.2. The Morgan fingerprint density at radius 2 is 1.89 bits per heavy atom. The molecule has 0 atom stereocenters. The predicted octanol–water partition coefficient (Wildman–Crippen LogP) is 5.20. The summed E-state index contributed by atoms with van der Waals surface area (Å²) in [5, 5.41) is 2.99. The van der Waals surface area contributed by atoms with E-state index in [0.717, 1.165) is 36.5 Å². The lowest BCUT2D eigenvalue weighted by Crippen LogP contribution is -2.29. The van der Waals surface area contributed by atoms with E-state index in [-0.39, 0.29) is 11.7 Å². The summed E-state index contributed by atoms with van der Waals surface area (Å²) in [6.45, 7) is 5.63. The van der Waals surface area contributed by atoms with Crippen LogP contribution in [0.15, 0.2) is 66.7 Å². The Balaban J connectivity index is 1.45. The van der Waals surface area contributed by atoms with Crippen molar-refractivity contribution in [2.24, 2.45) is 0 Å². The minimum Gasteiger partial charge on any atom is -0.351 e. The summed E-state index contributed by atoms with van der Waals surface area (Å²) < 4.78 is 13.4. The van der Waals surface area contributed by atoms with Crippen molar-refractivity contribution in [1.82, 2.24) is 10.2 Å². The average Bonchev–Trinajstić information content (AvgIpc) is 3.21. The van der Waals surface area contributed by atoms with Gasteiger partial charge in [0, 0.05) is 24.5 Å². The van der Waals surface area contributed by atoms with Crippen LogP contribution in [-0.4, -0.2) is 30.4 Å². The molecular weight excluding hydrogens is 371 g/mol. The van der Waals surface area contributed by atoms with E-state index < -0.39 is 0 Å². The van der Waals surface area contributed by atoms with E-state index >= 15 is 0 Å². The highest BCUT2D eigenvalue weighted by Crippen LogP contribution is 2.28. The van der Waals surface area contributed by atoms with Crippen molar-refractivity contribution in [2.45, 2.75) is 19.9 Å². The molecule has 0 radical (unpaired) electrons. The molecule has 0 saturated heterocycles. The lowest BCUT2D eigenvalue weighted by atomic mass is 10.2. The van der Waals surface area contributed by atoms with Gasteiger partial charge in [-0.15, -0.1) is 11.3 Å². The molecule has 2 aromatic carbocycles. The van der Waals surface area contributed by atoms with Gasteiger partial charge < -0.3 is 5.32 Å². The van der Waals surface area contributed by atoms with Crippen LogP contribution in [0, 0.1) is 5.82 Å². The Labute approximate surface area is 169 Å². The lowest BCUT2D eigenvalue weighted by molar-refractivity contribution is 0.0955. The van der Waals surface area contributed by atoms with Gasteiger partial charge in [-0.05, 0) is 48.4 Å². The summed E-state index contributed by atoms with van der Waals surface area (Å²) in [4.78, 5) is 16.3. The quantitative estimate of drug-likeness (QED) is 0.505. The molecule has 1 N–H and O–H groups in total. The summed E-state index contributed by atoms with van der Waals surface area (Å²) in [5.41, 5.74) is 2.10. The molecule has 1 heterocycles. The van der Waals surface area contributed by atoms with Crippen molar-refractivity contribution in [1.29, 1.82) is 0 Å². The predicted molar refractivity (Wildman–Crippen MR) is 114 cm³/mol. The summed E-state index contributed by atoms with van der Waals surface area (Å²) in [6, 6.07) is 20.5. The van der Waals surface area contributed by atoms with Crippen LogP contribution in [0.3, 0.4) is 0 Å². The first-order valence-corrected chi connectivity index (χ1v) is 10.4. The Morgan fingerprint density at radius 3 is 2.64 bits per heavy atom. The van der Waals surface area contributed by atoms with E-state index in [2.05, 4.69) is 41.4 Å². The van der Waals surface area contributed by atoms with Crippen LogP contribution in [0.2, 0.25) is 0 Å². The van der Waals surface area contributed by atoms with Crippen molar-refractivity contribution >= 4 is 17.2 Å². The van der Waals surface area contributed by atoms with Crippen LogP contribution in [0.4, 0.5) is 4.39 Å². The fourth-order valence-electron chi connectivity index (χ4n) is 3.04. The molecule has 3 nitrogen and oxygen atoms in total. The minimum atomic E-state index is -0.270. The van der Waals surface area contributed by atoms with Gasteiger partial charge in [0.1, 0.15) is 5.82 Å². The van der Waals surface area contributed by atoms with Gasteiger partial charge in [-0.1, -0.05) is 49.4 Å². The molecule has 0 bridgehead atoms. The average molecular weight is 397 g/mol. The maximum absolute atomic E-state index is 13.4. The molecular formula is C23H25FN2OS. The van der Waals surface area contributed by atoms with Crippen LogP contribution >= 0.6 is 11.3 Å². The number of thiophene rings is 1. The number of halogens is 1. The molecule has 0 unspecified atom stereocenters. The standard InChI is InChI=1S/C23H25FN2OS/c1-2-26(17-18-8-4-3-5-9-18)15-7-14-25-23(27)22-13-12-21(28-22)19-10-6-11-20(24)16-19/h3-6,8-13,16H,2,7,14-15,17H2,1H3,(H,25,27). The molecule has 0 spiro atoms. The third kappa shape index (κ3) is 5.75. The summed E-state index contributed by atoms with van der Waals surface area (Å²) in [5.74, 6) is -0.341. The summed E-state index contributed by atoms with van der Waals surface area (Å²) in [6.07, 6.45) is 0.897. The maximum atomic E-state index is 13.4. The normalized spacial score (nSPS) is 11.0. The molecule has 0 aliphatic carbocycles. The van der Waals surface area contributed by atoms with Crippen LogP contribution < -0.4 is 5.32 Å². The Kier molecular flexibility index (Phi) is 7.34. The third-order valence-electron chi connectivity index (χ3n) is 4.57.